The smallest absolute Gasteiger partial charge is 0.243 e. The Morgan fingerprint density at radius 1 is 1.20 bits per heavy atom. The quantitative estimate of drug-likeness (QED) is 0.893. The highest BCUT2D eigenvalue weighted by atomic mass is 35.5. The van der Waals surface area contributed by atoms with Gasteiger partial charge in [-0.25, -0.2) is 0 Å². The largest absolute Gasteiger partial charge is 0.497 e. The second-order valence-electron chi connectivity index (χ2n) is 5.86. The van der Waals surface area contributed by atoms with Crippen LogP contribution in [0.5, 0.6) is 5.75 Å². The molecule has 1 aliphatic rings. The molecule has 0 bridgehead atoms. The third-order valence-electron chi connectivity index (χ3n) is 4.25. The second kappa shape index (κ2) is 7.57. The number of methoxy groups -OCH3 is 1. The van der Waals surface area contributed by atoms with Gasteiger partial charge in [0.25, 0.3) is 0 Å². The van der Waals surface area contributed by atoms with Crippen LogP contribution < -0.4 is 15.0 Å². The molecule has 1 N–H and O–H groups in total. The molecule has 1 unspecified atom stereocenters. The molecule has 2 amide bonds. The minimum atomic E-state index is -0.494. The van der Waals surface area contributed by atoms with E-state index in [1.54, 1.807) is 36.3 Å². The van der Waals surface area contributed by atoms with Crippen LogP contribution in [-0.2, 0) is 16.1 Å². The van der Waals surface area contributed by atoms with Crippen molar-refractivity contribution in [2.75, 3.05) is 12.0 Å². The molecule has 2 aromatic carbocycles. The summed E-state index contributed by atoms with van der Waals surface area (Å²) in [6.07, 6.45) is 0.874. The Kier molecular flexibility index (Phi) is 5.24. The zero-order valence-corrected chi connectivity index (χ0v) is 14.6. The predicted octanol–water partition coefficient (Wildman–Crippen LogP) is 3.16. The molecule has 0 aromatic heterocycles. The van der Waals surface area contributed by atoms with Crippen molar-refractivity contribution in [2.45, 2.75) is 25.4 Å². The minimum Gasteiger partial charge on any atom is -0.497 e. The summed E-state index contributed by atoms with van der Waals surface area (Å²) < 4.78 is 5.12. The summed E-state index contributed by atoms with van der Waals surface area (Å²) in [6, 6.07) is 14.0. The van der Waals surface area contributed by atoms with Crippen LogP contribution in [0.3, 0.4) is 0 Å². The van der Waals surface area contributed by atoms with E-state index in [-0.39, 0.29) is 11.8 Å². The van der Waals surface area contributed by atoms with Gasteiger partial charge in [-0.15, -0.1) is 0 Å². The van der Waals surface area contributed by atoms with E-state index >= 15 is 0 Å². The van der Waals surface area contributed by atoms with Gasteiger partial charge in [0.05, 0.1) is 7.11 Å². The number of anilines is 1. The molecule has 0 spiro atoms. The van der Waals surface area contributed by atoms with E-state index in [2.05, 4.69) is 5.32 Å². The standard InChI is InChI=1S/C19H19ClN2O3/c1-25-16-8-2-13(3-9-16)12-21-19(24)17-10-11-18(23)22(17)15-6-4-14(20)5-7-15/h2-9,17H,10-12H2,1H3,(H,21,24). The topological polar surface area (TPSA) is 58.6 Å². The van der Waals surface area contributed by atoms with Crippen molar-refractivity contribution < 1.29 is 14.3 Å². The summed E-state index contributed by atoms with van der Waals surface area (Å²) in [5.41, 5.74) is 1.66. The van der Waals surface area contributed by atoms with E-state index in [0.717, 1.165) is 11.3 Å². The lowest BCUT2D eigenvalue weighted by Crippen LogP contribution is -2.44. The number of rotatable bonds is 5. The highest BCUT2D eigenvalue weighted by Crippen LogP contribution is 2.28. The lowest BCUT2D eigenvalue weighted by molar-refractivity contribution is -0.124. The number of halogens is 1. The Morgan fingerprint density at radius 2 is 1.88 bits per heavy atom. The fourth-order valence-electron chi connectivity index (χ4n) is 2.91. The van der Waals surface area contributed by atoms with E-state index in [0.29, 0.717) is 30.1 Å². The molecule has 25 heavy (non-hydrogen) atoms. The molecule has 0 aliphatic carbocycles. The molecule has 3 rings (SSSR count). The van der Waals surface area contributed by atoms with E-state index in [1.807, 2.05) is 24.3 Å². The SMILES string of the molecule is COc1ccc(CNC(=O)C2CCC(=O)N2c2ccc(Cl)cc2)cc1. The molecule has 0 radical (unpaired) electrons. The zero-order chi connectivity index (χ0) is 17.8. The maximum absolute atomic E-state index is 12.6. The Balaban J connectivity index is 1.67. The molecule has 1 atom stereocenters. The lowest BCUT2D eigenvalue weighted by Gasteiger charge is -2.24. The van der Waals surface area contributed by atoms with Gasteiger partial charge in [0.15, 0.2) is 0 Å². The molecule has 1 saturated heterocycles. The number of benzene rings is 2. The first-order valence-corrected chi connectivity index (χ1v) is 8.44. The average Bonchev–Trinajstić information content (AvgIpc) is 3.02. The van der Waals surface area contributed by atoms with Gasteiger partial charge in [-0.1, -0.05) is 23.7 Å². The lowest BCUT2D eigenvalue weighted by atomic mass is 10.1. The van der Waals surface area contributed by atoms with Crippen molar-refractivity contribution >= 4 is 29.1 Å². The van der Waals surface area contributed by atoms with Crippen LogP contribution in [0.1, 0.15) is 18.4 Å². The molecule has 1 aliphatic heterocycles. The third kappa shape index (κ3) is 3.94. The van der Waals surface area contributed by atoms with Crippen LogP contribution in [0, 0.1) is 0 Å². The summed E-state index contributed by atoms with van der Waals surface area (Å²) in [6.45, 7) is 0.405. The van der Waals surface area contributed by atoms with Crippen molar-refractivity contribution in [3.63, 3.8) is 0 Å². The number of ether oxygens (including phenoxy) is 1. The minimum absolute atomic E-state index is 0.0491. The van der Waals surface area contributed by atoms with Gasteiger partial charge < -0.3 is 10.1 Å². The first-order chi connectivity index (χ1) is 12.1. The van der Waals surface area contributed by atoms with Crippen molar-refractivity contribution in [1.82, 2.24) is 5.32 Å². The number of hydrogen-bond acceptors (Lipinski definition) is 3. The van der Waals surface area contributed by atoms with Crippen molar-refractivity contribution in [3.05, 3.63) is 59.1 Å². The maximum atomic E-state index is 12.6. The summed E-state index contributed by atoms with van der Waals surface area (Å²) in [5.74, 6) is 0.564. The molecule has 130 valence electrons. The van der Waals surface area contributed by atoms with Crippen molar-refractivity contribution in [3.8, 4) is 5.75 Å². The first-order valence-electron chi connectivity index (χ1n) is 8.07. The van der Waals surface area contributed by atoms with Gasteiger partial charge >= 0.3 is 0 Å². The Morgan fingerprint density at radius 3 is 2.52 bits per heavy atom. The summed E-state index contributed by atoms with van der Waals surface area (Å²) in [7, 11) is 1.61. The van der Waals surface area contributed by atoms with Crippen LogP contribution >= 0.6 is 11.6 Å². The number of carbonyl (C=O) groups excluding carboxylic acids is 2. The number of carbonyl (C=O) groups is 2. The van der Waals surface area contributed by atoms with E-state index in [1.165, 1.54) is 0 Å². The Bertz CT molecular complexity index is 759. The first kappa shape index (κ1) is 17.3. The molecule has 1 heterocycles. The number of nitrogens with one attached hydrogen (secondary N) is 1. The average molecular weight is 359 g/mol. The number of amides is 2. The van der Waals surface area contributed by atoms with Crippen molar-refractivity contribution in [2.24, 2.45) is 0 Å². The molecule has 2 aromatic rings. The van der Waals surface area contributed by atoms with Gasteiger partial charge in [-0.3, -0.25) is 14.5 Å². The highest BCUT2D eigenvalue weighted by Gasteiger charge is 2.36. The normalized spacial score (nSPS) is 16.8. The summed E-state index contributed by atoms with van der Waals surface area (Å²) >= 11 is 5.90. The highest BCUT2D eigenvalue weighted by molar-refractivity contribution is 6.30. The van der Waals surface area contributed by atoms with E-state index in [4.69, 9.17) is 16.3 Å². The third-order valence-corrected chi connectivity index (χ3v) is 4.50. The second-order valence-corrected chi connectivity index (χ2v) is 6.30. The van der Waals surface area contributed by atoms with Crippen LogP contribution in [0.25, 0.3) is 0 Å². The van der Waals surface area contributed by atoms with Crippen LogP contribution in [0.2, 0.25) is 5.02 Å². The molecule has 5 nitrogen and oxygen atoms in total. The fourth-order valence-corrected chi connectivity index (χ4v) is 3.03. The fraction of sp³-hybridized carbons (Fsp3) is 0.263. The summed E-state index contributed by atoms with van der Waals surface area (Å²) in [5, 5.41) is 3.50. The number of hydrogen-bond donors (Lipinski definition) is 1. The van der Waals surface area contributed by atoms with Gasteiger partial charge in [0.2, 0.25) is 11.8 Å². The Labute approximate surface area is 151 Å². The summed E-state index contributed by atoms with van der Waals surface area (Å²) in [4.78, 5) is 26.4. The van der Waals surface area contributed by atoms with E-state index < -0.39 is 6.04 Å². The predicted molar refractivity (Wildman–Crippen MR) is 96.8 cm³/mol. The zero-order valence-electron chi connectivity index (χ0n) is 13.9. The van der Waals surface area contributed by atoms with Crippen molar-refractivity contribution in [1.29, 1.82) is 0 Å². The van der Waals surface area contributed by atoms with Crippen LogP contribution in [0.15, 0.2) is 48.5 Å². The van der Waals surface area contributed by atoms with Crippen LogP contribution in [0.4, 0.5) is 5.69 Å². The molecular weight excluding hydrogens is 340 g/mol. The molecule has 1 fully saturated rings. The van der Waals surface area contributed by atoms with Gasteiger partial charge in [0, 0.05) is 23.7 Å². The molecular formula is C19H19ClN2O3. The Hall–Kier alpha value is -2.53. The van der Waals surface area contributed by atoms with E-state index in [9.17, 15) is 9.59 Å². The molecule has 6 heteroatoms. The maximum Gasteiger partial charge on any atom is 0.243 e. The van der Waals surface area contributed by atoms with Crippen LogP contribution in [-0.4, -0.2) is 25.0 Å². The van der Waals surface area contributed by atoms with Gasteiger partial charge in [-0.05, 0) is 48.4 Å². The number of nitrogens with zero attached hydrogens (tertiary/aromatic N) is 1. The van der Waals surface area contributed by atoms with Gasteiger partial charge in [-0.2, -0.15) is 0 Å². The molecule has 0 saturated carbocycles. The van der Waals surface area contributed by atoms with Gasteiger partial charge in [0.1, 0.15) is 11.8 Å². The monoisotopic (exact) mass is 358 g/mol.